The fourth-order valence-electron chi connectivity index (χ4n) is 2.38. The predicted octanol–water partition coefficient (Wildman–Crippen LogP) is 5.02. The van der Waals surface area contributed by atoms with Crippen molar-refractivity contribution in [3.05, 3.63) is 64.0 Å². The lowest BCUT2D eigenvalue weighted by atomic mass is 10.2. The van der Waals surface area contributed by atoms with Crippen LogP contribution in [0.25, 0.3) is 6.08 Å². The van der Waals surface area contributed by atoms with E-state index in [4.69, 9.17) is 33.3 Å². The van der Waals surface area contributed by atoms with Gasteiger partial charge in [0.1, 0.15) is 15.8 Å². The van der Waals surface area contributed by atoms with E-state index in [-0.39, 0.29) is 5.91 Å². The highest BCUT2D eigenvalue weighted by atomic mass is 35.5. The molecule has 2 aromatic rings. The summed E-state index contributed by atoms with van der Waals surface area (Å²) in [6.45, 7) is 1.04. The normalized spacial score (nSPS) is 15.5. The summed E-state index contributed by atoms with van der Waals surface area (Å²) in [5.41, 5.74) is 0.897. The molecular formula is C20H18ClNO3S2. The van der Waals surface area contributed by atoms with Crippen molar-refractivity contribution in [3.8, 4) is 11.5 Å². The first-order valence-corrected chi connectivity index (χ1v) is 9.96. The molecule has 1 amide bonds. The molecule has 0 spiro atoms. The van der Waals surface area contributed by atoms with Crippen LogP contribution in [-0.4, -0.2) is 35.4 Å². The van der Waals surface area contributed by atoms with E-state index in [0.29, 0.717) is 33.2 Å². The van der Waals surface area contributed by atoms with Gasteiger partial charge in [0.15, 0.2) is 0 Å². The monoisotopic (exact) mass is 419 g/mol. The Hall–Kier alpha value is -2.02. The number of ether oxygens (including phenoxy) is 2. The number of nitrogens with zero attached hydrogens (tertiary/aromatic N) is 1. The van der Waals surface area contributed by atoms with Gasteiger partial charge in [0.05, 0.1) is 23.1 Å². The van der Waals surface area contributed by atoms with Crippen molar-refractivity contribution < 1.29 is 14.3 Å². The number of hydrogen-bond donors (Lipinski definition) is 0. The Bertz CT molecular complexity index is 885. The SMILES string of the molecule is CN1C(=O)/C(=C\c2cccc(OCCCOc3ccccc3Cl)c2)SC1=S. The molecule has 1 aliphatic heterocycles. The molecular weight excluding hydrogens is 402 g/mol. The van der Waals surface area contributed by atoms with Crippen molar-refractivity contribution in [2.24, 2.45) is 0 Å². The number of carbonyl (C=O) groups excluding carboxylic acids is 1. The van der Waals surface area contributed by atoms with E-state index in [9.17, 15) is 4.79 Å². The van der Waals surface area contributed by atoms with E-state index in [0.717, 1.165) is 17.7 Å². The maximum atomic E-state index is 12.1. The van der Waals surface area contributed by atoms with Crippen LogP contribution in [0.1, 0.15) is 12.0 Å². The molecule has 0 aliphatic carbocycles. The quantitative estimate of drug-likeness (QED) is 0.358. The highest BCUT2D eigenvalue weighted by Gasteiger charge is 2.28. The molecule has 2 aromatic carbocycles. The van der Waals surface area contributed by atoms with Gasteiger partial charge in [0.25, 0.3) is 5.91 Å². The maximum Gasteiger partial charge on any atom is 0.265 e. The summed E-state index contributed by atoms with van der Waals surface area (Å²) in [5.74, 6) is 1.34. The lowest BCUT2D eigenvalue weighted by molar-refractivity contribution is -0.121. The smallest absolute Gasteiger partial charge is 0.265 e. The zero-order valence-corrected chi connectivity index (χ0v) is 17.1. The van der Waals surface area contributed by atoms with Crippen LogP contribution in [0.5, 0.6) is 11.5 Å². The Morgan fingerprint density at radius 2 is 1.93 bits per heavy atom. The van der Waals surface area contributed by atoms with Crippen molar-refractivity contribution in [1.29, 1.82) is 0 Å². The fourth-order valence-corrected chi connectivity index (χ4v) is 3.75. The lowest BCUT2D eigenvalue weighted by Gasteiger charge is -2.09. The predicted molar refractivity (Wildman–Crippen MR) is 114 cm³/mol. The molecule has 1 saturated heterocycles. The molecule has 140 valence electrons. The average molecular weight is 420 g/mol. The first-order chi connectivity index (χ1) is 13.0. The molecule has 0 unspecified atom stereocenters. The number of thiocarbonyl (C=S) groups is 1. The molecule has 7 heteroatoms. The lowest BCUT2D eigenvalue weighted by Crippen LogP contribution is -2.22. The summed E-state index contributed by atoms with van der Waals surface area (Å²) in [6, 6.07) is 15.0. The number of likely N-dealkylation sites (N-methyl/N-ethyl adjacent to an activating group) is 1. The summed E-state index contributed by atoms with van der Waals surface area (Å²) in [5, 5.41) is 0.601. The highest BCUT2D eigenvalue weighted by Crippen LogP contribution is 2.31. The largest absolute Gasteiger partial charge is 0.493 e. The third-order valence-electron chi connectivity index (χ3n) is 3.79. The van der Waals surface area contributed by atoms with Gasteiger partial charge in [-0.1, -0.05) is 59.8 Å². The number of thioether (sulfide) groups is 1. The summed E-state index contributed by atoms with van der Waals surface area (Å²) >= 11 is 12.5. The Balaban J connectivity index is 1.50. The van der Waals surface area contributed by atoms with E-state index in [1.165, 1.54) is 16.7 Å². The summed E-state index contributed by atoms with van der Waals surface area (Å²) < 4.78 is 12.0. The minimum absolute atomic E-state index is 0.0759. The number of hydrogen-bond acceptors (Lipinski definition) is 5. The number of benzene rings is 2. The number of carbonyl (C=O) groups is 1. The molecule has 1 aliphatic rings. The topological polar surface area (TPSA) is 38.8 Å². The van der Waals surface area contributed by atoms with E-state index in [1.54, 1.807) is 13.1 Å². The Morgan fingerprint density at radius 3 is 2.67 bits per heavy atom. The van der Waals surface area contributed by atoms with E-state index < -0.39 is 0 Å². The van der Waals surface area contributed by atoms with E-state index in [2.05, 4.69) is 0 Å². The third kappa shape index (κ3) is 5.25. The molecule has 1 heterocycles. The summed E-state index contributed by atoms with van der Waals surface area (Å²) in [4.78, 5) is 14.2. The molecule has 3 rings (SSSR count). The second-order valence-corrected chi connectivity index (χ2v) is 7.88. The van der Waals surface area contributed by atoms with E-state index >= 15 is 0 Å². The standard InChI is InChI=1S/C20H18ClNO3S2/c1-22-19(23)18(27-20(22)26)13-14-6-4-7-15(12-14)24-10-5-11-25-17-9-3-2-8-16(17)21/h2-4,6-9,12-13H,5,10-11H2,1H3/b18-13+. The van der Waals surface area contributed by atoms with Gasteiger partial charge in [-0.15, -0.1) is 0 Å². The number of rotatable bonds is 7. The van der Waals surface area contributed by atoms with Crippen LogP contribution >= 0.6 is 35.6 Å². The van der Waals surface area contributed by atoms with Crippen LogP contribution in [0.3, 0.4) is 0 Å². The average Bonchev–Trinajstić information content (AvgIpc) is 2.90. The van der Waals surface area contributed by atoms with Gasteiger partial charge in [-0.2, -0.15) is 0 Å². The zero-order valence-electron chi connectivity index (χ0n) is 14.7. The second-order valence-electron chi connectivity index (χ2n) is 5.79. The van der Waals surface area contributed by atoms with Crippen LogP contribution in [-0.2, 0) is 4.79 Å². The first kappa shape index (κ1) is 19.7. The van der Waals surface area contributed by atoms with Crippen LogP contribution < -0.4 is 9.47 Å². The zero-order chi connectivity index (χ0) is 19.2. The molecule has 0 aromatic heterocycles. The van der Waals surface area contributed by atoms with Gasteiger partial charge in [-0.25, -0.2) is 0 Å². The molecule has 1 fully saturated rings. The van der Waals surface area contributed by atoms with Gasteiger partial charge in [0.2, 0.25) is 0 Å². The Kier molecular flexibility index (Phi) is 6.77. The minimum Gasteiger partial charge on any atom is -0.493 e. The van der Waals surface area contributed by atoms with Crippen molar-refractivity contribution in [3.63, 3.8) is 0 Å². The molecule has 0 atom stereocenters. The highest BCUT2D eigenvalue weighted by molar-refractivity contribution is 8.26. The maximum absolute atomic E-state index is 12.1. The van der Waals surface area contributed by atoms with Crippen molar-refractivity contribution in [1.82, 2.24) is 4.90 Å². The van der Waals surface area contributed by atoms with Gasteiger partial charge in [0, 0.05) is 13.5 Å². The second kappa shape index (κ2) is 9.26. The minimum atomic E-state index is -0.0759. The van der Waals surface area contributed by atoms with Crippen LogP contribution in [0.4, 0.5) is 0 Å². The number of halogens is 1. The van der Waals surface area contributed by atoms with Crippen molar-refractivity contribution >= 4 is 51.9 Å². The molecule has 0 N–H and O–H groups in total. The summed E-state index contributed by atoms with van der Waals surface area (Å²) in [7, 11) is 1.68. The molecule has 0 bridgehead atoms. The van der Waals surface area contributed by atoms with Crippen LogP contribution in [0, 0.1) is 0 Å². The van der Waals surface area contributed by atoms with Crippen LogP contribution in [0.15, 0.2) is 53.4 Å². The third-order valence-corrected chi connectivity index (χ3v) is 5.59. The van der Waals surface area contributed by atoms with Crippen molar-refractivity contribution in [2.75, 3.05) is 20.3 Å². The first-order valence-electron chi connectivity index (χ1n) is 8.36. The van der Waals surface area contributed by atoms with Gasteiger partial charge >= 0.3 is 0 Å². The molecule has 0 saturated carbocycles. The summed E-state index contributed by atoms with van der Waals surface area (Å²) in [6.07, 6.45) is 2.56. The number of para-hydroxylation sites is 1. The molecule has 27 heavy (non-hydrogen) atoms. The fraction of sp³-hybridized carbons (Fsp3) is 0.200. The van der Waals surface area contributed by atoms with Crippen molar-refractivity contribution in [2.45, 2.75) is 6.42 Å². The van der Waals surface area contributed by atoms with E-state index in [1.807, 2.05) is 48.5 Å². The molecule has 0 radical (unpaired) electrons. The van der Waals surface area contributed by atoms with Crippen LogP contribution in [0.2, 0.25) is 5.02 Å². The van der Waals surface area contributed by atoms with Gasteiger partial charge < -0.3 is 9.47 Å². The van der Waals surface area contributed by atoms with Gasteiger partial charge in [-0.05, 0) is 35.9 Å². The number of amides is 1. The van der Waals surface area contributed by atoms with Gasteiger partial charge in [-0.3, -0.25) is 9.69 Å². The Labute approximate surface area is 173 Å². The molecule has 4 nitrogen and oxygen atoms in total. The Morgan fingerprint density at radius 1 is 1.15 bits per heavy atom.